The van der Waals surface area contributed by atoms with Crippen molar-refractivity contribution in [1.29, 1.82) is 0 Å². The van der Waals surface area contributed by atoms with Crippen molar-refractivity contribution in [2.75, 3.05) is 6.61 Å². The van der Waals surface area contributed by atoms with Crippen molar-refractivity contribution in [3.8, 4) is 5.75 Å². The highest BCUT2D eigenvalue weighted by atomic mass is 79.9. The topological polar surface area (TPSA) is 39.2 Å². The minimum absolute atomic E-state index is 0.153. The summed E-state index contributed by atoms with van der Waals surface area (Å²) in [6.45, 7) is 0.439. The zero-order valence-electron chi connectivity index (χ0n) is 10.2. The number of ether oxygens (including phenoxy) is 1. The average Bonchev–Trinajstić information content (AvgIpc) is 2.85. The van der Waals surface area contributed by atoms with Gasteiger partial charge in [-0.1, -0.05) is 18.2 Å². The SMILES string of the molecule is O=C(Cc1ccc(Br)cn1)C1COc2ccccc21. The Balaban J connectivity index is 1.77. The van der Waals surface area contributed by atoms with Crippen molar-refractivity contribution < 1.29 is 9.53 Å². The molecule has 0 N–H and O–H groups in total. The number of para-hydroxylation sites is 1. The van der Waals surface area contributed by atoms with Crippen LogP contribution in [0.5, 0.6) is 5.75 Å². The highest BCUT2D eigenvalue weighted by molar-refractivity contribution is 9.10. The smallest absolute Gasteiger partial charge is 0.149 e. The highest BCUT2D eigenvalue weighted by Gasteiger charge is 2.29. The molecule has 1 aromatic heterocycles. The molecule has 0 spiro atoms. The summed E-state index contributed by atoms with van der Waals surface area (Å²) in [4.78, 5) is 16.6. The monoisotopic (exact) mass is 317 g/mol. The van der Waals surface area contributed by atoms with Crippen LogP contribution >= 0.6 is 15.9 Å². The molecule has 2 aromatic rings. The molecule has 4 heteroatoms. The van der Waals surface area contributed by atoms with Gasteiger partial charge in [0.05, 0.1) is 5.92 Å². The van der Waals surface area contributed by atoms with Gasteiger partial charge < -0.3 is 4.74 Å². The van der Waals surface area contributed by atoms with Crippen LogP contribution in [0, 0.1) is 0 Å². The summed E-state index contributed by atoms with van der Waals surface area (Å²) in [5.74, 6) is 0.811. The van der Waals surface area contributed by atoms with Gasteiger partial charge in [0.15, 0.2) is 0 Å². The van der Waals surface area contributed by atoms with Crippen molar-refractivity contribution >= 4 is 21.7 Å². The quantitative estimate of drug-likeness (QED) is 0.873. The molecule has 3 rings (SSSR count). The molecule has 1 unspecified atom stereocenters. The predicted molar refractivity (Wildman–Crippen MR) is 75.3 cm³/mol. The lowest BCUT2D eigenvalue weighted by Gasteiger charge is -2.07. The van der Waals surface area contributed by atoms with Gasteiger partial charge in [-0.15, -0.1) is 0 Å². The molecule has 1 aliphatic rings. The van der Waals surface area contributed by atoms with Crippen LogP contribution in [0.15, 0.2) is 47.1 Å². The number of ketones is 1. The highest BCUT2D eigenvalue weighted by Crippen LogP contribution is 2.34. The van der Waals surface area contributed by atoms with E-state index in [1.165, 1.54) is 0 Å². The third-order valence-corrected chi connectivity index (χ3v) is 3.70. The molecule has 0 aliphatic carbocycles. The Bertz CT molecular complexity index is 610. The summed E-state index contributed by atoms with van der Waals surface area (Å²) in [7, 11) is 0. The first-order valence-electron chi connectivity index (χ1n) is 6.09. The molecule has 0 fully saturated rings. The molecule has 3 nitrogen and oxygen atoms in total. The van der Waals surface area contributed by atoms with E-state index >= 15 is 0 Å². The first-order chi connectivity index (χ1) is 9.24. The molecule has 0 radical (unpaired) electrons. The molecule has 0 saturated heterocycles. The van der Waals surface area contributed by atoms with Gasteiger partial charge in [0.2, 0.25) is 0 Å². The van der Waals surface area contributed by atoms with Gasteiger partial charge in [0.1, 0.15) is 18.1 Å². The second kappa shape index (κ2) is 5.13. The average molecular weight is 318 g/mol. The number of fused-ring (bicyclic) bond motifs is 1. The number of carbonyl (C=O) groups is 1. The van der Waals surface area contributed by atoms with Gasteiger partial charge >= 0.3 is 0 Å². The molecule has 0 amide bonds. The predicted octanol–water partition coefficient (Wildman–Crippen LogP) is 3.13. The second-order valence-electron chi connectivity index (χ2n) is 4.51. The number of hydrogen-bond acceptors (Lipinski definition) is 3. The summed E-state index contributed by atoms with van der Waals surface area (Å²) < 4.78 is 6.46. The summed E-state index contributed by atoms with van der Waals surface area (Å²) in [5, 5.41) is 0. The van der Waals surface area contributed by atoms with Crippen molar-refractivity contribution in [2.24, 2.45) is 0 Å². The minimum Gasteiger partial charge on any atom is -0.492 e. The summed E-state index contributed by atoms with van der Waals surface area (Å²) in [6, 6.07) is 11.5. The van der Waals surface area contributed by atoms with E-state index in [9.17, 15) is 4.79 Å². The van der Waals surface area contributed by atoms with E-state index in [2.05, 4.69) is 20.9 Å². The Morgan fingerprint density at radius 1 is 1.32 bits per heavy atom. The maximum Gasteiger partial charge on any atom is 0.149 e. The number of carbonyl (C=O) groups excluding carboxylic acids is 1. The standard InChI is InChI=1S/C15H12BrNO2/c16-10-5-6-11(17-8-10)7-14(18)13-9-19-15-4-2-1-3-12(13)15/h1-6,8,13H,7,9H2. The number of aromatic nitrogens is 1. The third-order valence-electron chi connectivity index (χ3n) is 3.23. The fourth-order valence-electron chi connectivity index (χ4n) is 2.24. The molecule has 19 heavy (non-hydrogen) atoms. The summed E-state index contributed by atoms with van der Waals surface area (Å²) >= 11 is 3.33. The van der Waals surface area contributed by atoms with Crippen molar-refractivity contribution in [2.45, 2.75) is 12.3 Å². The van der Waals surface area contributed by atoms with Gasteiger partial charge in [-0.3, -0.25) is 9.78 Å². The Morgan fingerprint density at radius 2 is 2.16 bits per heavy atom. The lowest BCUT2D eigenvalue weighted by molar-refractivity contribution is -0.120. The fraction of sp³-hybridized carbons (Fsp3) is 0.200. The molecule has 0 saturated carbocycles. The number of rotatable bonds is 3. The number of halogens is 1. The molecule has 1 aliphatic heterocycles. The largest absolute Gasteiger partial charge is 0.492 e. The van der Waals surface area contributed by atoms with Gasteiger partial charge in [-0.2, -0.15) is 0 Å². The van der Waals surface area contributed by atoms with Crippen molar-refractivity contribution in [3.63, 3.8) is 0 Å². The van der Waals surface area contributed by atoms with Crippen LogP contribution in [-0.2, 0) is 11.2 Å². The van der Waals surface area contributed by atoms with Gasteiger partial charge in [0.25, 0.3) is 0 Å². The third kappa shape index (κ3) is 2.54. The molecule has 1 aromatic carbocycles. The van der Waals surface area contributed by atoms with Crippen LogP contribution < -0.4 is 4.74 Å². The lowest BCUT2D eigenvalue weighted by Crippen LogP contribution is -2.16. The maximum atomic E-state index is 12.3. The van der Waals surface area contributed by atoms with Gasteiger partial charge in [0, 0.05) is 28.3 Å². The Labute approximate surface area is 119 Å². The number of hydrogen-bond donors (Lipinski definition) is 0. The van der Waals surface area contributed by atoms with Crippen LogP contribution in [0.25, 0.3) is 0 Å². The normalized spacial score (nSPS) is 16.8. The van der Waals surface area contributed by atoms with Gasteiger partial charge in [-0.05, 0) is 34.1 Å². The van der Waals surface area contributed by atoms with Crippen LogP contribution in [0.1, 0.15) is 17.2 Å². The lowest BCUT2D eigenvalue weighted by atomic mass is 9.94. The summed E-state index contributed by atoms with van der Waals surface area (Å²) in [6.07, 6.45) is 2.05. The van der Waals surface area contributed by atoms with Crippen LogP contribution in [0.4, 0.5) is 0 Å². The zero-order valence-corrected chi connectivity index (χ0v) is 11.8. The van der Waals surface area contributed by atoms with Gasteiger partial charge in [-0.25, -0.2) is 0 Å². The van der Waals surface area contributed by atoms with E-state index in [-0.39, 0.29) is 11.7 Å². The molecule has 96 valence electrons. The number of Topliss-reactive ketones (excluding diaryl/α,β-unsaturated/α-hetero) is 1. The van der Waals surface area contributed by atoms with E-state index in [1.807, 2.05) is 36.4 Å². The zero-order chi connectivity index (χ0) is 13.2. The number of pyridine rings is 1. The van der Waals surface area contributed by atoms with Crippen molar-refractivity contribution in [1.82, 2.24) is 4.98 Å². The van der Waals surface area contributed by atoms with E-state index in [4.69, 9.17) is 4.74 Å². The van der Waals surface area contributed by atoms with E-state index in [0.717, 1.165) is 21.5 Å². The van der Waals surface area contributed by atoms with E-state index < -0.39 is 0 Å². The Kier molecular flexibility index (Phi) is 3.34. The second-order valence-corrected chi connectivity index (χ2v) is 5.43. The van der Waals surface area contributed by atoms with Crippen molar-refractivity contribution in [3.05, 3.63) is 58.3 Å². The Hall–Kier alpha value is -1.68. The molecule has 2 heterocycles. The first-order valence-corrected chi connectivity index (χ1v) is 6.88. The van der Waals surface area contributed by atoms with Crippen LogP contribution in [0.2, 0.25) is 0 Å². The first kappa shape index (κ1) is 12.4. The van der Waals surface area contributed by atoms with E-state index in [0.29, 0.717) is 13.0 Å². The Morgan fingerprint density at radius 3 is 2.95 bits per heavy atom. The molecular formula is C15H12BrNO2. The maximum absolute atomic E-state index is 12.3. The molecule has 1 atom stereocenters. The molecule has 0 bridgehead atoms. The summed E-state index contributed by atoms with van der Waals surface area (Å²) in [5.41, 5.74) is 1.78. The number of nitrogens with zero attached hydrogens (tertiary/aromatic N) is 1. The minimum atomic E-state index is -0.165. The van der Waals surface area contributed by atoms with Crippen LogP contribution in [0.3, 0.4) is 0 Å². The molecular weight excluding hydrogens is 306 g/mol. The number of benzene rings is 1. The fourth-order valence-corrected chi connectivity index (χ4v) is 2.48. The van der Waals surface area contributed by atoms with E-state index in [1.54, 1.807) is 6.20 Å². The van der Waals surface area contributed by atoms with Crippen LogP contribution in [-0.4, -0.2) is 17.4 Å².